The van der Waals surface area contributed by atoms with E-state index < -0.39 is 92.1 Å². The summed E-state index contributed by atoms with van der Waals surface area (Å²) >= 11 is 0. The summed E-state index contributed by atoms with van der Waals surface area (Å²) in [7, 11) is 1.57. The van der Waals surface area contributed by atoms with Crippen molar-refractivity contribution >= 4 is 0 Å². The van der Waals surface area contributed by atoms with E-state index in [9.17, 15) is 5.11 Å². The number of rotatable bonds is 27. The fourth-order valence-corrected chi connectivity index (χ4v) is 10.7. The molecule has 0 amide bonds. The zero-order chi connectivity index (χ0) is 56.3. The lowest BCUT2D eigenvalue weighted by atomic mass is 9.95. The van der Waals surface area contributed by atoms with Crippen LogP contribution in [0.4, 0.5) is 0 Å². The van der Waals surface area contributed by atoms with Gasteiger partial charge in [-0.1, -0.05) is 212 Å². The van der Waals surface area contributed by atoms with Gasteiger partial charge < -0.3 is 66.7 Å². The fourth-order valence-electron chi connectivity index (χ4n) is 10.7. The van der Waals surface area contributed by atoms with Gasteiger partial charge in [-0.25, -0.2) is 0 Å². The van der Waals surface area contributed by atoms with Crippen molar-refractivity contribution in [2.75, 3.05) is 13.7 Å². The van der Waals surface area contributed by atoms with E-state index in [1.165, 1.54) is 0 Å². The van der Waals surface area contributed by atoms with Crippen molar-refractivity contribution in [3.8, 4) is 0 Å². The molecule has 7 aromatic rings. The third-order valence-electron chi connectivity index (χ3n) is 15.0. The van der Waals surface area contributed by atoms with Gasteiger partial charge >= 0.3 is 0 Å². The summed E-state index contributed by atoms with van der Waals surface area (Å²) in [5, 5.41) is 13.2. The predicted molar refractivity (Wildman–Crippen MR) is 306 cm³/mol. The van der Waals surface area contributed by atoms with Crippen molar-refractivity contribution in [1.82, 2.24) is 0 Å². The molecule has 15 atom stereocenters. The summed E-state index contributed by atoms with van der Waals surface area (Å²) in [5.41, 5.74) is 6.64. The summed E-state index contributed by atoms with van der Waals surface area (Å²) in [6.45, 7) is 5.48. The van der Waals surface area contributed by atoms with Crippen LogP contribution in [-0.4, -0.2) is 111 Å². The fraction of sp³-hybridized carbons (Fsp3) is 0.382. The molecule has 0 unspecified atom stereocenters. The molecule has 0 aromatic heterocycles. The van der Waals surface area contributed by atoms with Gasteiger partial charge in [0.2, 0.25) is 0 Å². The molecule has 14 nitrogen and oxygen atoms in total. The van der Waals surface area contributed by atoms with Gasteiger partial charge in [-0.15, -0.1) is 0 Å². The molecule has 0 bridgehead atoms. The highest BCUT2D eigenvalue weighted by molar-refractivity contribution is 5.19. The quantitative estimate of drug-likeness (QED) is 0.0522. The number of aliphatic hydroxyl groups is 1. The molecule has 10 rings (SSSR count). The number of benzene rings is 7. The van der Waals surface area contributed by atoms with Crippen LogP contribution in [0.1, 0.15) is 52.8 Å². The normalized spacial score (nSPS) is 28.4. The van der Waals surface area contributed by atoms with E-state index in [4.69, 9.17) is 61.6 Å². The maximum absolute atomic E-state index is 13.2. The van der Waals surface area contributed by atoms with Crippen LogP contribution in [0.5, 0.6) is 0 Å². The van der Waals surface area contributed by atoms with Crippen LogP contribution < -0.4 is 0 Å². The molecule has 0 radical (unpaired) electrons. The van der Waals surface area contributed by atoms with Crippen molar-refractivity contribution in [1.29, 1.82) is 0 Å². The maximum Gasteiger partial charge on any atom is 0.187 e. The molecule has 82 heavy (non-hydrogen) atoms. The number of ether oxygens (including phenoxy) is 13. The smallest absolute Gasteiger partial charge is 0.187 e. The Morgan fingerprint density at radius 2 is 0.622 bits per heavy atom. The standard InChI is InChI=1S/C68H76O14/c1-47-58(72-40-50-27-13-5-14-28-50)61(57(69)66(78-47)82-63-59(73-41-51-29-15-6-16-30-51)48(2)79-67(70-3)65(63)77-45-55-37-23-10-24-38-55)81-68-64(76-44-54-35-21-9-22-36-54)62(75-43-53-33-19-8-20-34-53)60(74-42-52-31-17-7-18-32-52)56(80-68)46-71-39-49-25-11-4-12-26-49/h4-38,47-48,56-69H,39-46H2,1-3H3/t47-,48-,56+,57+,58-,59-,60+,61-,62-,63+,64+,65+,66-,67+,68-/m0/s1. The van der Waals surface area contributed by atoms with Crippen molar-refractivity contribution in [2.24, 2.45) is 0 Å². The van der Waals surface area contributed by atoms with E-state index in [0.29, 0.717) is 6.61 Å². The maximum atomic E-state index is 13.2. The highest BCUT2D eigenvalue weighted by atomic mass is 16.8. The van der Waals surface area contributed by atoms with Crippen LogP contribution in [0.2, 0.25) is 0 Å². The van der Waals surface area contributed by atoms with Gasteiger partial charge in [0, 0.05) is 7.11 Å². The van der Waals surface area contributed by atoms with E-state index in [0.717, 1.165) is 38.9 Å². The zero-order valence-corrected chi connectivity index (χ0v) is 46.8. The Balaban J connectivity index is 1.02. The lowest BCUT2D eigenvalue weighted by molar-refractivity contribution is -0.388. The van der Waals surface area contributed by atoms with Gasteiger partial charge in [0.1, 0.15) is 61.0 Å². The molecule has 3 heterocycles. The minimum Gasteiger partial charge on any atom is -0.385 e. The Morgan fingerprint density at radius 1 is 0.317 bits per heavy atom. The van der Waals surface area contributed by atoms with Gasteiger partial charge in [-0.2, -0.15) is 0 Å². The average Bonchev–Trinajstić information content (AvgIpc) is 3.65. The van der Waals surface area contributed by atoms with Gasteiger partial charge in [-0.3, -0.25) is 0 Å². The van der Waals surface area contributed by atoms with Gasteiger partial charge in [0.25, 0.3) is 0 Å². The Labute approximate surface area is 482 Å². The first-order chi connectivity index (χ1) is 40.4. The van der Waals surface area contributed by atoms with Crippen LogP contribution >= 0.6 is 0 Å². The predicted octanol–water partition coefficient (Wildman–Crippen LogP) is 10.7. The van der Waals surface area contributed by atoms with Gasteiger partial charge in [0.15, 0.2) is 18.9 Å². The van der Waals surface area contributed by atoms with Gasteiger partial charge in [0.05, 0.1) is 65.1 Å². The monoisotopic (exact) mass is 1120 g/mol. The van der Waals surface area contributed by atoms with Crippen molar-refractivity contribution in [3.63, 3.8) is 0 Å². The first-order valence-corrected chi connectivity index (χ1v) is 28.4. The van der Waals surface area contributed by atoms with Crippen LogP contribution in [0.25, 0.3) is 0 Å². The molecule has 3 saturated heterocycles. The van der Waals surface area contributed by atoms with Crippen molar-refractivity contribution < 1.29 is 66.7 Å². The van der Waals surface area contributed by atoms with Gasteiger partial charge in [-0.05, 0) is 52.8 Å². The highest BCUT2D eigenvalue weighted by Gasteiger charge is 2.56. The molecule has 1 N–H and O–H groups in total. The van der Waals surface area contributed by atoms with Crippen LogP contribution in [0.15, 0.2) is 212 Å². The number of hydrogen-bond acceptors (Lipinski definition) is 14. The van der Waals surface area contributed by atoms with E-state index in [1.54, 1.807) is 7.11 Å². The first-order valence-electron chi connectivity index (χ1n) is 28.4. The molecular formula is C68H76O14. The van der Waals surface area contributed by atoms with Crippen LogP contribution in [0.3, 0.4) is 0 Å². The lowest BCUT2D eigenvalue weighted by Gasteiger charge is -2.50. The molecule has 0 saturated carbocycles. The second kappa shape index (κ2) is 30.5. The van der Waals surface area contributed by atoms with E-state index in [1.807, 2.05) is 226 Å². The topological polar surface area (TPSA) is 140 Å². The third kappa shape index (κ3) is 16.2. The molecule has 432 valence electrons. The molecule has 3 aliphatic heterocycles. The summed E-state index contributed by atoms with van der Waals surface area (Å²) in [4.78, 5) is 0. The summed E-state index contributed by atoms with van der Waals surface area (Å²) in [6, 6.07) is 69.4. The Kier molecular flexibility index (Phi) is 22.0. The van der Waals surface area contributed by atoms with Crippen molar-refractivity contribution in [2.45, 2.75) is 152 Å². The number of methoxy groups -OCH3 is 1. The Morgan fingerprint density at radius 3 is 1.01 bits per heavy atom. The second-order valence-electron chi connectivity index (χ2n) is 21.0. The van der Waals surface area contributed by atoms with Crippen LogP contribution in [-0.2, 0) is 108 Å². The molecule has 3 fully saturated rings. The molecular weight excluding hydrogens is 1040 g/mol. The van der Waals surface area contributed by atoms with Crippen molar-refractivity contribution in [3.05, 3.63) is 251 Å². The highest BCUT2D eigenvalue weighted by Crippen LogP contribution is 2.38. The van der Waals surface area contributed by atoms with E-state index in [2.05, 4.69) is 0 Å². The lowest BCUT2D eigenvalue weighted by Crippen LogP contribution is -2.67. The summed E-state index contributed by atoms with van der Waals surface area (Å²) < 4.78 is 89.0. The van der Waals surface area contributed by atoms with E-state index in [-0.39, 0.29) is 46.2 Å². The third-order valence-corrected chi connectivity index (χ3v) is 15.0. The second-order valence-corrected chi connectivity index (χ2v) is 21.0. The Bertz CT molecular complexity index is 2860. The Hall–Kier alpha value is -6.02. The summed E-state index contributed by atoms with van der Waals surface area (Å²) in [6.07, 6.45) is -14.1. The molecule has 0 spiro atoms. The van der Waals surface area contributed by atoms with Crippen LogP contribution in [0, 0.1) is 0 Å². The minimum atomic E-state index is -1.51. The SMILES string of the molecule is CO[C@@H]1O[C@@H](C)[C@H](OCc2ccccc2)[C@@H](O[C@@H]2O[C@@H](C)[C@H](OCc3ccccc3)[C@@H](O[C@@H]3O[C@H](COCc4ccccc4)[C@@H](OCc4ccccc4)[C@H](OCc4ccccc4)[C@H]3OCc3ccccc3)[C@H]2O)[C@H]1OCc1ccccc1. The first kappa shape index (κ1) is 59.2. The minimum absolute atomic E-state index is 0.0918. The molecule has 0 aliphatic carbocycles. The number of aliphatic hydroxyl groups excluding tert-OH is 1. The number of hydrogen-bond donors (Lipinski definition) is 1. The summed E-state index contributed by atoms with van der Waals surface area (Å²) in [5.74, 6) is 0. The molecule has 14 heteroatoms. The van der Waals surface area contributed by atoms with E-state index >= 15 is 0 Å². The molecule has 3 aliphatic rings. The zero-order valence-electron chi connectivity index (χ0n) is 46.8. The molecule has 7 aromatic carbocycles. The average molecular weight is 1120 g/mol. The largest absolute Gasteiger partial charge is 0.385 e.